The van der Waals surface area contributed by atoms with Crippen molar-refractivity contribution >= 4 is 0 Å². The Balaban J connectivity index is 2.14. The van der Waals surface area contributed by atoms with Crippen LogP contribution in [0.1, 0.15) is 38.7 Å². The van der Waals surface area contributed by atoms with Crippen molar-refractivity contribution in [2.75, 3.05) is 0 Å². The molecule has 100 valence electrons. The molecule has 0 atom stereocenters. The van der Waals surface area contributed by atoms with Crippen LogP contribution in [0.15, 0.2) is 59.4 Å². The summed E-state index contributed by atoms with van der Waals surface area (Å²) in [6, 6.07) is 8.22. The molecule has 0 N–H and O–H groups in total. The van der Waals surface area contributed by atoms with Crippen LogP contribution in [0.2, 0.25) is 0 Å². The summed E-state index contributed by atoms with van der Waals surface area (Å²) in [6.07, 6.45) is 9.82. The molecule has 0 aromatic heterocycles. The highest BCUT2D eigenvalue weighted by molar-refractivity contribution is 5.33. The first-order valence-corrected chi connectivity index (χ1v) is 6.94. The summed E-state index contributed by atoms with van der Waals surface area (Å²) in [4.78, 5) is 0. The van der Waals surface area contributed by atoms with Gasteiger partial charge in [0.05, 0.1) is 0 Å². The first kappa shape index (κ1) is 13.7. The first-order chi connectivity index (χ1) is 9.15. The Morgan fingerprint density at radius 2 is 1.63 bits per heavy atom. The Morgan fingerprint density at radius 3 is 2.37 bits per heavy atom. The van der Waals surface area contributed by atoms with Crippen LogP contribution in [0.25, 0.3) is 0 Å². The quantitative estimate of drug-likeness (QED) is 0.692. The fourth-order valence-corrected chi connectivity index (χ4v) is 2.03. The molecule has 1 nitrogen and oxygen atoms in total. The number of benzene rings is 1. The summed E-state index contributed by atoms with van der Waals surface area (Å²) in [5.41, 5.74) is 3.94. The van der Waals surface area contributed by atoms with E-state index >= 15 is 0 Å². The predicted molar refractivity (Wildman–Crippen MR) is 81.3 cm³/mol. The van der Waals surface area contributed by atoms with Gasteiger partial charge in [0.15, 0.2) is 0 Å². The fourth-order valence-electron chi connectivity index (χ4n) is 2.03. The maximum absolute atomic E-state index is 5.98. The van der Waals surface area contributed by atoms with E-state index in [1.807, 2.05) is 12.1 Å². The summed E-state index contributed by atoms with van der Waals surface area (Å²) in [6.45, 7) is 6.41. The smallest absolute Gasteiger partial charge is 0.126 e. The first-order valence-electron chi connectivity index (χ1n) is 6.94. The zero-order valence-electron chi connectivity index (χ0n) is 12.1. The second-order valence-electron chi connectivity index (χ2n) is 5.18. The lowest BCUT2D eigenvalue weighted by molar-refractivity contribution is 0.399. The van der Waals surface area contributed by atoms with E-state index in [-0.39, 0.29) is 0 Å². The predicted octanol–water partition coefficient (Wildman–Crippen LogP) is 5.33. The minimum atomic E-state index is 0.923. The van der Waals surface area contributed by atoms with Gasteiger partial charge in [-0.1, -0.05) is 35.4 Å². The van der Waals surface area contributed by atoms with Gasteiger partial charge in [-0.3, -0.25) is 0 Å². The molecule has 0 fully saturated rings. The Hall–Kier alpha value is -1.76. The topological polar surface area (TPSA) is 9.23 Å². The highest BCUT2D eigenvalue weighted by Gasteiger charge is 2.03. The van der Waals surface area contributed by atoms with Gasteiger partial charge in [0.25, 0.3) is 0 Å². The van der Waals surface area contributed by atoms with E-state index in [1.165, 1.54) is 16.7 Å². The van der Waals surface area contributed by atoms with Crippen LogP contribution in [0.3, 0.4) is 0 Å². The summed E-state index contributed by atoms with van der Waals surface area (Å²) in [7, 11) is 0. The van der Waals surface area contributed by atoms with Crippen molar-refractivity contribution < 1.29 is 4.74 Å². The third-order valence-electron chi connectivity index (χ3n) is 3.49. The summed E-state index contributed by atoms with van der Waals surface area (Å²) in [5, 5.41) is 0. The molecular formula is C18H22O. The summed E-state index contributed by atoms with van der Waals surface area (Å²) < 4.78 is 5.98. The van der Waals surface area contributed by atoms with Gasteiger partial charge in [-0.25, -0.2) is 0 Å². The highest BCUT2D eigenvalue weighted by atomic mass is 16.5. The lowest BCUT2D eigenvalue weighted by atomic mass is 10.1. The lowest BCUT2D eigenvalue weighted by Crippen LogP contribution is -1.95. The average Bonchev–Trinajstić information content (AvgIpc) is 2.48. The van der Waals surface area contributed by atoms with Crippen molar-refractivity contribution in [1.29, 1.82) is 0 Å². The van der Waals surface area contributed by atoms with Gasteiger partial charge >= 0.3 is 0 Å². The molecule has 0 bridgehead atoms. The van der Waals surface area contributed by atoms with Crippen molar-refractivity contribution in [2.24, 2.45) is 0 Å². The normalized spacial score (nSPS) is 16.5. The SMILES string of the molecule is CC1=CC=C(Oc2ccc(C)cc2)CCCC=C1C. The Labute approximate surface area is 116 Å². The number of hydrogen-bond donors (Lipinski definition) is 0. The molecule has 19 heavy (non-hydrogen) atoms. The molecule has 2 rings (SSSR count). The maximum Gasteiger partial charge on any atom is 0.126 e. The molecule has 1 aromatic carbocycles. The van der Waals surface area contributed by atoms with Gasteiger partial charge in [-0.15, -0.1) is 0 Å². The van der Waals surface area contributed by atoms with Crippen molar-refractivity contribution in [3.05, 3.63) is 65.0 Å². The van der Waals surface area contributed by atoms with E-state index in [0.29, 0.717) is 0 Å². The lowest BCUT2D eigenvalue weighted by Gasteiger charge is -2.09. The molecule has 0 radical (unpaired) electrons. The molecule has 1 aliphatic carbocycles. The number of rotatable bonds is 2. The maximum atomic E-state index is 5.98. The molecule has 0 heterocycles. The molecule has 1 aliphatic rings. The number of hydrogen-bond acceptors (Lipinski definition) is 1. The van der Waals surface area contributed by atoms with Gasteiger partial charge in [0.1, 0.15) is 11.5 Å². The largest absolute Gasteiger partial charge is 0.462 e. The number of allylic oxidation sites excluding steroid dienone is 6. The highest BCUT2D eigenvalue weighted by Crippen LogP contribution is 2.21. The van der Waals surface area contributed by atoms with E-state index in [0.717, 1.165) is 30.8 Å². The van der Waals surface area contributed by atoms with Crippen LogP contribution in [0, 0.1) is 6.92 Å². The van der Waals surface area contributed by atoms with Gasteiger partial charge in [0.2, 0.25) is 0 Å². The van der Waals surface area contributed by atoms with Crippen LogP contribution in [0.5, 0.6) is 5.75 Å². The molecule has 0 unspecified atom stereocenters. The second-order valence-corrected chi connectivity index (χ2v) is 5.18. The number of ether oxygens (including phenoxy) is 1. The zero-order chi connectivity index (χ0) is 13.7. The summed E-state index contributed by atoms with van der Waals surface area (Å²) in [5.74, 6) is 1.97. The third kappa shape index (κ3) is 4.13. The molecule has 0 saturated carbocycles. The minimum absolute atomic E-state index is 0.923. The molecule has 1 aromatic rings. The van der Waals surface area contributed by atoms with E-state index in [2.05, 4.69) is 51.1 Å². The van der Waals surface area contributed by atoms with E-state index in [1.54, 1.807) is 0 Å². The van der Waals surface area contributed by atoms with Crippen LogP contribution < -0.4 is 4.74 Å². The van der Waals surface area contributed by atoms with Crippen LogP contribution in [0.4, 0.5) is 0 Å². The van der Waals surface area contributed by atoms with Crippen LogP contribution >= 0.6 is 0 Å². The van der Waals surface area contributed by atoms with Crippen molar-refractivity contribution in [3.63, 3.8) is 0 Å². The minimum Gasteiger partial charge on any atom is -0.462 e. The van der Waals surface area contributed by atoms with Crippen molar-refractivity contribution in [3.8, 4) is 5.75 Å². The molecule has 1 heteroatoms. The summed E-state index contributed by atoms with van der Waals surface area (Å²) >= 11 is 0. The van der Waals surface area contributed by atoms with Crippen molar-refractivity contribution in [1.82, 2.24) is 0 Å². The molecular weight excluding hydrogens is 232 g/mol. The third-order valence-corrected chi connectivity index (χ3v) is 3.49. The van der Waals surface area contributed by atoms with Crippen LogP contribution in [-0.2, 0) is 0 Å². The van der Waals surface area contributed by atoms with Gasteiger partial charge in [-0.2, -0.15) is 0 Å². The average molecular weight is 254 g/mol. The fraction of sp³-hybridized carbons (Fsp3) is 0.333. The van der Waals surface area contributed by atoms with Gasteiger partial charge < -0.3 is 4.74 Å². The number of aryl methyl sites for hydroxylation is 1. The molecule has 0 amide bonds. The van der Waals surface area contributed by atoms with E-state index in [4.69, 9.17) is 4.74 Å². The molecule has 0 saturated heterocycles. The Morgan fingerprint density at radius 1 is 0.895 bits per heavy atom. The van der Waals surface area contributed by atoms with Crippen LogP contribution in [-0.4, -0.2) is 0 Å². The molecule has 0 aliphatic heterocycles. The standard InChI is InChI=1S/C18H22O/c1-14-8-11-18(12-9-14)19-17-7-5-4-6-15(2)16(3)10-13-17/h6,8-13H,4-5,7H2,1-3H3. The van der Waals surface area contributed by atoms with Crippen molar-refractivity contribution in [2.45, 2.75) is 40.0 Å². The monoisotopic (exact) mass is 254 g/mol. The van der Waals surface area contributed by atoms with E-state index in [9.17, 15) is 0 Å². The van der Waals surface area contributed by atoms with E-state index < -0.39 is 0 Å². The van der Waals surface area contributed by atoms with Gasteiger partial charge in [-0.05, 0) is 57.4 Å². The Kier molecular flexibility index (Phi) is 4.62. The molecule has 0 spiro atoms. The zero-order valence-corrected chi connectivity index (χ0v) is 12.1. The Bertz CT molecular complexity index is 515. The van der Waals surface area contributed by atoms with Gasteiger partial charge in [0, 0.05) is 6.42 Å². The second kappa shape index (κ2) is 6.42.